The van der Waals surface area contributed by atoms with Gasteiger partial charge in [-0.15, -0.1) is 11.3 Å². The zero-order valence-electron chi connectivity index (χ0n) is 12.8. The molecule has 7 heteroatoms. The topological polar surface area (TPSA) is 94.9 Å². The number of nitrogens with zero attached hydrogens (tertiary/aromatic N) is 1. The number of carbonyl (C=O) groups is 3. The predicted octanol–water partition coefficient (Wildman–Crippen LogP) is 1.28. The summed E-state index contributed by atoms with van der Waals surface area (Å²) >= 11 is 1.40. The molecule has 3 rings (SSSR count). The van der Waals surface area contributed by atoms with Crippen molar-refractivity contribution in [2.45, 2.75) is 31.8 Å². The Hall–Kier alpha value is -1.73. The fraction of sp³-hybridized carbons (Fsp3) is 0.562. The lowest BCUT2D eigenvalue weighted by molar-refractivity contribution is -0.142. The van der Waals surface area contributed by atoms with Crippen LogP contribution in [0.15, 0.2) is 12.1 Å². The summed E-state index contributed by atoms with van der Waals surface area (Å²) in [5, 5.41) is 20.1. The number of hydrogen-bond donors (Lipinski definition) is 2. The summed E-state index contributed by atoms with van der Waals surface area (Å²) in [5.74, 6) is -3.45. The lowest BCUT2D eigenvalue weighted by atomic mass is 9.97. The van der Waals surface area contributed by atoms with Crippen LogP contribution in [0.5, 0.6) is 0 Å². The quantitative estimate of drug-likeness (QED) is 0.807. The van der Waals surface area contributed by atoms with Gasteiger partial charge in [-0.2, -0.15) is 0 Å². The third-order valence-corrected chi connectivity index (χ3v) is 6.10. The maximum Gasteiger partial charge on any atom is 0.306 e. The number of carboxylic acid groups (broad SMARTS) is 1. The van der Waals surface area contributed by atoms with Crippen LogP contribution in [0.1, 0.15) is 30.6 Å². The molecule has 1 aromatic heterocycles. The molecule has 0 amide bonds. The Kier molecular flexibility index (Phi) is 4.25. The lowest BCUT2D eigenvalue weighted by Crippen LogP contribution is -2.35. The number of piperidine rings is 1. The Balaban J connectivity index is 1.73. The molecule has 2 heterocycles. The number of aliphatic hydroxyl groups is 1. The van der Waals surface area contributed by atoms with Gasteiger partial charge in [-0.1, -0.05) is 6.92 Å². The van der Waals surface area contributed by atoms with Crippen LogP contribution >= 0.6 is 11.3 Å². The summed E-state index contributed by atoms with van der Waals surface area (Å²) in [4.78, 5) is 37.6. The van der Waals surface area contributed by atoms with Crippen molar-refractivity contribution >= 4 is 33.9 Å². The molecule has 3 atom stereocenters. The molecule has 1 saturated carbocycles. The van der Waals surface area contributed by atoms with Crippen molar-refractivity contribution in [3.63, 3.8) is 0 Å². The van der Waals surface area contributed by atoms with Crippen molar-refractivity contribution in [3.05, 3.63) is 17.0 Å². The van der Waals surface area contributed by atoms with Crippen LogP contribution in [0.3, 0.4) is 0 Å². The Morgan fingerprint density at radius 3 is 2.39 bits per heavy atom. The summed E-state index contributed by atoms with van der Waals surface area (Å²) < 4.78 is 0. The molecule has 2 fully saturated rings. The summed E-state index contributed by atoms with van der Waals surface area (Å²) in [7, 11) is 0. The van der Waals surface area contributed by atoms with Gasteiger partial charge in [0.25, 0.3) is 0 Å². The van der Waals surface area contributed by atoms with E-state index in [1.54, 1.807) is 13.0 Å². The van der Waals surface area contributed by atoms with Gasteiger partial charge in [-0.25, -0.2) is 0 Å². The molecule has 124 valence electrons. The first-order chi connectivity index (χ1) is 10.9. The van der Waals surface area contributed by atoms with Crippen LogP contribution in [0.25, 0.3) is 0 Å². The Bertz CT molecular complexity index is 647. The van der Waals surface area contributed by atoms with Crippen LogP contribution < -0.4 is 4.90 Å². The smallest absolute Gasteiger partial charge is 0.306 e. The van der Waals surface area contributed by atoms with Gasteiger partial charge in [-0.3, -0.25) is 14.4 Å². The average Bonchev–Trinajstić information content (AvgIpc) is 3.08. The van der Waals surface area contributed by atoms with Gasteiger partial charge in [0.05, 0.1) is 22.9 Å². The zero-order chi connectivity index (χ0) is 16.7. The number of carbonyl (C=O) groups excluding carboxylic acids is 2. The third-order valence-electron chi connectivity index (χ3n) is 4.87. The Morgan fingerprint density at radius 2 is 1.87 bits per heavy atom. The minimum absolute atomic E-state index is 0.289. The molecule has 1 saturated heterocycles. The number of thiophene rings is 1. The van der Waals surface area contributed by atoms with E-state index in [4.69, 9.17) is 5.11 Å². The lowest BCUT2D eigenvalue weighted by Gasteiger charge is -2.30. The highest BCUT2D eigenvalue weighted by Gasteiger charge is 2.47. The van der Waals surface area contributed by atoms with Crippen molar-refractivity contribution in [1.82, 2.24) is 0 Å². The van der Waals surface area contributed by atoms with Gasteiger partial charge in [0.15, 0.2) is 0 Å². The van der Waals surface area contributed by atoms with Crippen molar-refractivity contribution in [3.8, 4) is 0 Å². The number of aliphatic hydroxyl groups excluding tert-OH is 1. The van der Waals surface area contributed by atoms with Gasteiger partial charge in [0, 0.05) is 23.9 Å². The second-order valence-corrected chi connectivity index (χ2v) is 7.35. The van der Waals surface area contributed by atoms with Gasteiger partial charge in [0.2, 0.25) is 11.6 Å². The molecule has 0 bridgehead atoms. The minimum Gasteiger partial charge on any atom is -0.481 e. The average molecular weight is 337 g/mol. The summed E-state index contributed by atoms with van der Waals surface area (Å²) in [6.07, 6.45) is 0.242. The van der Waals surface area contributed by atoms with E-state index in [-0.39, 0.29) is 5.92 Å². The first-order valence-electron chi connectivity index (χ1n) is 7.73. The largest absolute Gasteiger partial charge is 0.481 e. The summed E-state index contributed by atoms with van der Waals surface area (Å²) in [5.41, 5.74) is 0. The molecule has 2 aliphatic rings. The maximum atomic E-state index is 12.0. The van der Waals surface area contributed by atoms with Crippen molar-refractivity contribution in [1.29, 1.82) is 0 Å². The first-order valence-corrected chi connectivity index (χ1v) is 8.55. The van der Waals surface area contributed by atoms with Gasteiger partial charge in [-0.05, 0) is 25.0 Å². The number of hydrogen-bond acceptors (Lipinski definition) is 6. The molecule has 1 aliphatic carbocycles. The summed E-state index contributed by atoms with van der Waals surface area (Å²) in [6, 6.07) is 3.68. The fourth-order valence-electron chi connectivity index (χ4n) is 3.30. The SMILES string of the molecule is CC1C(=O)C(=O)C(c2ccc(N3CCC(C(=O)O)CC3)s2)C1O. The highest BCUT2D eigenvalue weighted by Crippen LogP contribution is 2.40. The molecule has 0 radical (unpaired) electrons. The van der Waals surface area contributed by atoms with Crippen LogP contribution in [0.2, 0.25) is 0 Å². The minimum atomic E-state index is -0.959. The maximum absolute atomic E-state index is 12.0. The van der Waals surface area contributed by atoms with Crippen molar-refractivity contribution in [2.75, 3.05) is 18.0 Å². The standard InChI is InChI=1S/C16H19NO5S/c1-8-13(18)12(15(20)14(8)19)10-2-3-11(23-10)17-6-4-9(5-7-17)16(21)22/h2-3,8-9,12-13,18H,4-7H2,1H3,(H,21,22). The summed E-state index contributed by atoms with van der Waals surface area (Å²) in [6.45, 7) is 2.90. The number of carboxylic acids is 1. The normalized spacial score (nSPS) is 29.3. The molecular formula is C16H19NO5S. The van der Waals surface area contributed by atoms with E-state index in [0.29, 0.717) is 30.8 Å². The van der Waals surface area contributed by atoms with Crippen LogP contribution in [-0.4, -0.2) is 46.9 Å². The molecule has 1 aliphatic heterocycles. The number of ketones is 2. The Morgan fingerprint density at radius 1 is 1.22 bits per heavy atom. The highest BCUT2D eigenvalue weighted by atomic mass is 32.1. The van der Waals surface area contributed by atoms with Crippen LogP contribution in [-0.2, 0) is 14.4 Å². The van der Waals surface area contributed by atoms with E-state index < -0.39 is 35.5 Å². The molecule has 6 nitrogen and oxygen atoms in total. The molecular weight excluding hydrogens is 318 g/mol. The Labute approximate surface area is 137 Å². The predicted molar refractivity (Wildman–Crippen MR) is 84.8 cm³/mol. The molecule has 2 N–H and O–H groups in total. The number of rotatable bonds is 3. The van der Waals surface area contributed by atoms with Crippen LogP contribution in [0.4, 0.5) is 5.00 Å². The molecule has 1 aromatic rings. The van der Waals surface area contributed by atoms with E-state index in [1.165, 1.54) is 11.3 Å². The fourth-order valence-corrected chi connectivity index (χ4v) is 4.50. The van der Waals surface area contributed by atoms with Crippen molar-refractivity contribution in [2.24, 2.45) is 11.8 Å². The highest BCUT2D eigenvalue weighted by molar-refractivity contribution is 7.16. The monoisotopic (exact) mass is 337 g/mol. The number of Topliss-reactive ketones (excluding diaryl/α,β-unsaturated/α-hetero) is 2. The van der Waals surface area contributed by atoms with E-state index in [2.05, 4.69) is 4.90 Å². The molecule has 0 spiro atoms. The van der Waals surface area contributed by atoms with E-state index in [1.807, 2.05) is 6.07 Å². The second kappa shape index (κ2) is 6.05. The van der Waals surface area contributed by atoms with E-state index >= 15 is 0 Å². The van der Waals surface area contributed by atoms with Crippen molar-refractivity contribution < 1.29 is 24.6 Å². The van der Waals surface area contributed by atoms with Gasteiger partial charge < -0.3 is 15.1 Å². The molecule has 23 heavy (non-hydrogen) atoms. The van der Waals surface area contributed by atoms with E-state index in [0.717, 1.165) is 5.00 Å². The molecule has 3 unspecified atom stereocenters. The number of aliphatic carboxylic acids is 1. The van der Waals surface area contributed by atoms with E-state index in [9.17, 15) is 19.5 Å². The van der Waals surface area contributed by atoms with Crippen LogP contribution in [0, 0.1) is 11.8 Å². The number of anilines is 1. The second-order valence-electron chi connectivity index (χ2n) is 6.26. The van der Waals surface area contributed by atoms with Gasteiger partial charge in [0.1, 0.15) is 0 Å². The third kappa shape index (κ3) is 2.79. The zero-order valence-corrected chi connectivity index (χ0v) is 13.6. The van der Waals surface area contributed by atoms with Gasteiger partial charge >= 0.3 is 5.97 Å². The molecule has 0 aromatic carbocycles. The first kappa shape index (κ1) is 16.1.